The van der Waals surface area contributed by atoms with Crippen molar-refractivity contribution in [3.8, 4) is 0 Å². The minimum Gasteiger partial charge on any atom is -0.378 e. The summed E-state index contributed by atoms with van der Waals surface area (Å²) >= 11 is 0. The SMILES string of the molecule is CN(C)c1ccc(C2=CN3CCC2CC3)cc1. The first-order valence-electron chi connectivity index (χ1n) is 6.47. The summed E-state index contributed by atoms with van der Waals surface area (Å²) in [5.74, 6) is 0.796. The molecule has 0 saturated carbocycles. The molecule has 1 aromatic carbocycles. The van der Waals surface area contributed by atoms with Gasteiger partial charge in [-0.2, -0.15) is 0 Å². The molecular formula is C15H20N2. The average molecular weight is 228 g/mol. The lowest BCUT2D eigenvalue weighted by molar-refractivity contribution is 0.252. The van der Waals surface area contributed by atoms with Gasteiger partial charge in [0.1, 0.15) is 0 Å². The molecule has 0 radical (unpaired) electrons. The minimum atomic E-state index is 0.796. The van der Waals surface area contributed by atoms with Gasteiger partial charge < -0.3 is 9.80 Å². The molecule has 1 saturated heterocycles. The molecule has 0 aliphatic carbocycles. The molecule has 2 heteroatoms. The van der Waals surface area contributed by atoms with Gasteiger partial charge in [-0.15, -0.1) is 0 Å². The van der Waals surface area contributed by atoms with Crippen LogP contribution in [0.1, 0.15) is 18.4 Å². The van der Waals surface area contributed by atoms with Crippen LogP contribution in [0.2, 0.25) is 0 Å². The predicted molar refractivity (Wildman–Crippen MR) is 73.0 cm³/mol. The van der Waals surface area contributed by atoms with E-state index in [2.05, 4.69) is 54.4 Å². The van der Waals surface area contributed by atoms with Crippen LogP contribution in [0, 0.1) is 5.92 Å². The Morgan fingerprint density at radius 2 is 1.71 bits per heavy atom. The van der Waals surface area contributed by atoms with E-state index in [1.54, 1.807) is 5.57 Å². The van der Waals surface area contributed by atoms with E-state index in [1.165, 1.54) is 37.2 Å². The summed E-state index contributed by atoms with van der Waals surface area (Å²) < 4.78 is 0. The number of benzene rings is 1. The molecule has 4 rings (SSSR count). The number of hydrogen-bond donors (Lipinski definition) is 0. The standard InChI is InChI=1S/C15H20N2/c1-16(2)14-5-3-12(4-6-14)15-11-17-9-7-13(15)8-10-17/h3-6,11,13H,7-10H2,1-2H3. The third-order valence-corrected chi connectivity index (χ3v) is 4.01. The molecule has 0 spiro atoms. The lowest BCUT2D eigenvalue weighted by atomic mass is 9.82. The van der Waals surface area contributed by atoms with Crippen molar-refractivity contribution in [2.45, 2.75) is 12.8 Å². The number of piperidine rings is 1. The molecule has 2 nitrogen and oxygen atoms in total. The molecule has 1 aromatic rings. The number of allylic oxidation sites excluding steroid dienone is 1. The lowest BCUT2D eigenvalue weighted by Crippen LogP contribution is -2.35. The molecule has 0 aromatic heterocycles. The highest BCUT2D eigenvalue weighted by Crippen LogP contribution is 2.37. The molecule has 3 aliphatic heterocycles. The van der Waals surface area contributed by atoms with Gasteiger partial charge in [-0.05, 0) is 42.0 Å². The van der Waals surface area contributed by atoms with Gasteiger partial charge in [0, 0.05) is 39.1 Å². The molecule has 3 aliphatic rings. The highest BCUT2D eigenvalue weighted by atomic mass is 15.1. The quantitative estimate of drug-likeness (QED) is 0.768. The maximum atomic E-state index is 2.47. The Morgan fingerprint density at radius 1 is 1.06 bits per heavy atom. The van der Waals surface area contributed by atoms with E-state index >= 15 is 0 Å². The van der Waals surface area contributed by atoms with Crippen LogP contribution in [0.25, 0.3) is 5.57 Å². The second kappa shape index (κ2) is 4.10. The van der Waals surface area contributed by atoms with Gasteiger partial charge >= 0.3 is 0 Å². The zero-order chi connectivity index (χ0) is 11.8. The Balaban J connectivity index is 1.89. The third-order valence-electron chi connectivity index (χ3n) is 4.01. The van der Waals surface area contributed by atoms with Crippen LogP contribution >= 0.6 is 0 Å². The van der Waals surface area contributed by atoms with Crippen molar-refractivity contribution >= 4 is 11.3 Å². The topological polar surface area (TPSA) is 6.48 Å². The van der Waals surface area contributed by atoms with Crippen molar-refractivity contribution in [3.63, 3.8) is 0 Å². The molecule has 0 unspecified atom stereocenters. The highest BCUT2D eigenvalue weighted by molar-refractivity contribution is 5.70. The molecule has 0 N–H and O–H groups in total. The summed E-state index contributed by atoms with van der Waals surface area (Å²) in [4.78, 5) is 4.61. The zero-order valence-electron chi connectivity index (χ0n) is 10.7. The zero-order valence-corrected chi connectivity index (χ0v) is 10.7. The van der Waals surface area contributed by atoms with Crippen LogP contribution in [0.15, 0.2) is 30.5 Å². The van der Waals surface area contributed by atoms with Gasteiger partial charge in [-0.3, -0.25) is 0 Å². The van der Waals surface area contributed by atoms with Crippen LogP contribution < -0.4 is 4.90 Å². The average Bonchev–Trinajstić information content (AvgIpc) is 2.40. The van der Waals surface area contributed by atoms with Crippen molar-refractivity contribution in [1.29, 1.82) is 0 Å². The first-order chi connectivity index (χ1) is 8.24. The summed E-state index contributed by atoms with van der Waals surface area (Å²) in [6.45, 7) is 2.51. The van der Waals surface area contributed by atoms with Crippen molar-refractivity contribution < 1.29 is 0 Å². The fourth-order valence-electron chi connectivity index (χ4n) is 2.90. The number of hydrogen-bond acceptors (Lipinski definition) is 2. The van der Waals surface area contributed by atoms with Gasteiger partial charge in [0.05, 0.1) is 0 Å². The Labute approximate surface area is 104 Å². The molecular weight excluding hydrogens is 208 g/mol. The van der Waals surface area contributed by atoms with Crippen LogP contribution in [0.5, 0.6) is 0 Å². The van der Waals surface area contributed by atoms with E-state index in [4.69, 9.17) is 0 Å². The fraction of sp³-hybridized carbons (Fsp3) is 0.467. The number of fused-ring (bicyclic) bond motifs is 2. The Hall–Kier alpha value is -1.44. The maximum absolute atomic E-state index is 2.47. The monoisotopic (exact) mass is 228 g/mol. The molecule has 0 atom stereocenters. The number of nitrogens with zero attached hydrogens (tertiary/aromatic N) is 2. The molecule has 90 valence electrons. The van der Waals surface area contributed by atoms with E-state index in [1.807, 2.05) is 0 Å². The van der Waals surface area contributed by atoms with E-state index in [9.17, 15) is 0 Å². The summed E-state index contributed by atoms with van der Waals surface area (Å²) in [7, 11) is 4.17. The smallest absolute Gasteiger partial charge is 0.0361 e. The second-order valence-corrected chi connectivity index (χ2v) is 5.34. The molecule has 17 heavy (non-hydrogen) atoms. The fourth-order valence-corrected chi connectivity index (χ4v) is 2.90. The van der Waals surface area contributed by atoms with Crippen LogP contribution in [0.3, 0.4) is 0 Å². The van der Waals surface area contributed by atoms with Crippen molar-refractivity contribution in [1.82, 2.24) is 4.90 Å². The largest absolute Gasteiger partial charge is 0.378 e. The van der Waals surface area contributed by atoms with Gasteiger partial charge in [0.2, 0.25) is 0 Å². The summed E-state index contributed by atoms with van der Waals surface area (Å²) in [6.07, 6.45) is 5.05. The van der Waals surface area contributed by atoms with Gasteiger partial charge in [-0.1, -0.05) is 12.1 Å². The third kappa shape index (κ3) is 1.92. The van der Waals surface area contributed by atoms with Crippen LogP contribution in [0.4, 0.5) is 5.69 Å². The van der Waals surface area contributed by atoms with E-state index in [0.29, 0.717) is 0 Å². The maximum Gasteiger partial charge on any atom is 0.0361 e. The van der Waals surface area contributed by atoms with E-state index in [0.717, 1.165) is 5.92 Å². The van der Waals surface area contributed by atoms with Crippen LogP contribution in [-0.4, -0.2) is 32.1 Å². The summed E-state index contributed by atoms with van der Waals surface area (Å²) in [6, 6.07) is 8.97. The predicted octanol–water partition coefficient (Wildman–Crippen LogP) is 2.82. The van der Waals surface area contributed by atoms with Crippen molar-refractivity contribution in [2.75, 3.05) is 32.1 Å². The number of anilines is 1. The Kier molecular flexibility index (Phi) is 2.58. The van der Waals surface area contributed by atoms with Gasteiger partial charge in [0.25, 0.3) is 0 Å². The van der Waals surface area contributed by atoms with Gasteiger partial charge in [0.15, 0.2) is 0 Å². The van der Waals surface area contributed by atoms with E-state index < -0.39 is 0 Å². The van der Waals surface area contributed by atoms with Crippen LogP contribution in [-0.2, 0) is 0 Å². The molecule has 0 amide bonds. The molecule has 2 bridgehead atoms. The van der Waals surface area contributed by atoms with Gasteiger partial charge in [-0.25, -0.2) is 0 Å². The summed E-state index contributed by atoms with van der Waals surface area (Å²) in [5, 5.41) is 0. The first-order valence-corrected chi connectivity index (χ1v) is 6.47. The normalized spacial score (nSPS) is 19.4. The van der Waals surface area contributed by atoms with Crippen molar-refractivity contribution in [2.24, 2.45) is 5.92 Å². The summed E-state index contributed by atoms with van der Waals surface area (Å²) in [5.41, 5.74) is 4.23. The minimum absolute atomic E-state index is 0.796. The highest BCUT2D eigenvalue weighted by Gasteiger charge is 2.27. The Bertz CT molecular complexity index is 423. The lowest BCUT2D eigenvalue weighted by Gasteiger charge is -2.39. The second-order valence-electron chi connectivity index (χ2n) is 5.34. The molecule has 3 heterocycles. The molecule has 1 fully saturated rings. The van der Waals surface area contributed by atoms with Crippen molar-refractivity contribution in [3.05, 3.63) is 36.0 Å². The number of rotatable bonds is 2. The van der Waals surface area contributed by atoms with E-state index in [-0.39, 0.29) is 0 Å². The Morgan fingerprint density at radius 3 is 2.18 bits per heavy atom. The first kappa shape index (κ1) is 10.7.